The first-order valence-corrected chi connectivity index (χ1v) is 11.2. The molecular formula is C22H48N2. The molecule has 0 spiro atoms. The summed E-state index contributed by atoms with van der Waals surface area (Å²) in [7, 11) is 0. The molecule has 0 amide bonds. The summed E-state index contributed by atoms with van der Waals surface area (Å²) < 4.78 is 0. The van der Waals surface area contributed by atoms with E-state index < -0.39 is 5.66 Å². The van der Waals surface area contributed by atoms with Crippen molar-refractivity contribution in [2.24, 2.45) is 11.5 Å². The van der Waals surface area contributed by atoms with Gasteiger partial charge in [-0.05, 0) is 12.8 Å². The zero-order valence-corrected chi connectivity index (χ0v) is 17.1. The van der Waals surface area contributed by atoms with E-state index in [9.17, 15) is 0 Å². The molecule has 2 heteroatoms. The molecule has 0 bridgehead atoms. The van der Waals surface area contributed by atoms with Gasteiger partial charge in [-0.15, -0.1) is 0 Å². The summed E-state index contributed by atoms with van der Waals surface area (Å²) in [6, 6.07) is 0. The van der Waals surface area contributed by atoms with Crippen LogP contribution < -0.4 is 11.5 Å². The molecule has 0 fully saturated rings. The van der Waals surface area contributed by atoms with E-state index in [-0.39, 0.29) is 0 Å². The van der Waals surface area contributed by atoms with Crippen LogP contribution in [0.1, 0.15) is 136 Å². The monoisotopic (exact) mass is 340 g/mol. The lowest BCUT2D eigenvalue weighted by Crippen LogP contribution is -2.48. The fourth-order valence-corrected chi connectivity index (χ4v) is 3.59. The SMILES string of the molecule is CCCCCCCCCCCCCCCCCCC(N)(N)CCC. The average molecular weight is 341 g/mol. The quantitative estimate of drug-likeness (QED) is 0.195. The van der Waals surface area contributed by atoms with Crippen molar-refractivity contribution in [2.45, 2.75) is 142 Å². The summed E-state index contributed by atoms with van der Waals surface area (Å²) in [5.41, 5.74) is 11.7. The van der Waals surface area contributed by atoms with Gasteiger partial charge in [0.2, 0.25) is 0 Å². The standard InChI is InChI=1S/C22H48N2/c1-3-5-6-7-8-9-10-11-12-13-14-15-16-17-18-19-21-22(23,24)20-4-2/h3-21,23-24H2,1-2H3. The lowest BCUT2D eigenvalue weighted by molar-refractivity contribution is 0.357. The highest BCUT2D eigenvalue weighted by atomic mass is 14.9. The minimum Gasteiger partial charge on any atom is -0.313 e. The van der Waals surface area contributed by atoms with E-state index >= 15 is 0 Å². The largest absolute Gasteiger partial charge is 0.313 e. The van der Waals surface area contributed by atoms with Crippen LogP contribution in [0, 0.1) is 0 Å². The first-order valence-electron chi connectivity index (χ1n) is 11.2. The van der Waals surface area contributed by atoms with Crippen LogP contribution in [0.25, 0.3) is 0 Å². The van der Waals surface area contributed by atoms with Gasteiger partial charge in [0.1, 0.15) is 0 Å². The lowest BCUT2D eigenvalue weighted by Gasteiger charge is -2.23. The molecule has 0 heterocycles. The molecule has 0 aliphatic rings. The van der Waals surface area contributed by atoms with Gasteiger partial charge in [0.15, 0.2) is 0 Å². The molecule has 0 saturated heterocycles. The maximum Gasteiger partial charge on any atom is 0.0636 e. The molecular weight excluding hydrogens is 292 g/mol. The number of rotatable bonds is 19. The van der Waals surface area contributed by atoms with Crippen LogP contribution in [-0.4, -0.2) is 5.66 Å². The Morgan fingerprint density at radius 3 is 1.08 bits per heavy atom. The van der Waals surface area contributed by atoms with Gasteiger partial charge in [-0.1, -0.05) is 123 Å². The minimum absolute atomic E-state index is 0.412. The zero-order valence-electron chi connectivity index (χ0n) is 17.1. The summed E-state index contributed by atoms with van der Waals surface area (Å²) >= 11 is 0. The van der Waals surface area contributed by atoms with Gasteiger partial charge in [0.25, 0.3) is 0 Å². The molecule has 0 aromatic rings. The molecule has 0 saturated carbocycles. The maximum absolute atomic E-state index is 6.07. The van der Waals surface area contributed by atoms with E-state index in [1.165, 1.54) is 103 Å². The predicted octanol–water partition coefficient (Wildman–Crippen LogP) is 7.05. The normalized spacial score (nSPS) is 12.0. The zero-order chi connectivity index (χ0) is 17.9. The first kappa shape index (κ1) is 23.9. The highest BCUT2D eigenvalue weighted by molar-refractivity contribution is 4.75. The second-order valence-electron chi connectivity index (χ2n) is 8.04. The molecule has 24 heavy (non-hydrogen) atoms. The minimum atomic E-state index is -0.412. The van der Waals surface area contributed by atoms with Gasteiger partial charge in [0, 0.05) is 0 Å². The third-order valence-electron chi connectivity index (χ3n) is 5.21. The summed E-state index contributed by atoms with van der Waals surface area (Å²) in [4.78, 5) is 0. The van der Waals surface area contributed by atoms with Crippen molar-refractivity contribution in [3.05, 3.63) is 0 Å². The molecule has 0 unspecified atom stereocenters. The molecule has 146 valence electrons. The van der Waals surface area contributed by atoms with Crippen LogP contribution in [-0.2, 0) is 0 Å². The number of hydrogen-bond donors (Lipinski definition) is 2. The van der Waals surface area contributed by atoms with Crippen molar-refractivity contribution in [3.8, 4) is 0 Å². The summed E-state index contributed by atoms with van der Waals surface area (Å²) in [6.45, 7) is 4.44. The summed E-state index contributed by atoms with van der Waals surface area (Å²) in [5.74, 6) is 0. The van der Waals surface area contributed by atoms with E-state index in [0.29, 0.717) is 0 Å². The Labute approximate surface area is 153 Å². The van der Waals surface area contributed by atoms with Crippen molar-refractivity contribution < 1.29 is 0 Å². The van der Waals surface area contributed by atoms with E-state index in [1.54, 1.807) is 0 Å². The Kier molecular flexibility index (Phi) is 17.7. The molecule has 0 radical (unpaired) electrons. The second-order valence-corrected chi connectivity index (χ2v) is 8.04. The van der Waals surface area contributed by atoms with Crippen LogP contribution in [0.2, 0.25) is 0 Å². The maximum atomic E-state index is 6.07. The van der Waals surface area contributed by atoms with Gasteiger partial charge in [-0.3, -0.25) is 0 Å². The van der Waals surface area contributed by atoms with Crippen molar-refractivity contribution in [1.82, 2.24) is 0 Å². The number of hydrogen-bond acceptors (Lipinski definition) is 2. The van der Waals surface area contributed by atoms with Crippen molar-refractivity contribution in [2.75, 3.05) is 0 Å². The third-order valence-corrected chi connectivity index (χ3v) is 5.21. The first-order chi connectivity index (χ1) is 11.6. The van der Waals surface area contributed by atoms with Gasteiger partial charge in [-0.25, -0.2) is 0 Å². The number of nitrogens with two attached hydrogens (primary N) is 2. The molecule has 0 aromatic heterocycles. The lowest BCUT2D eigenvalue weighted by atomic mass is 9.97. The average Bonchev–Trinajstić information content (AvgIpc) is 2.54. The van der Waals surface area contributed by atoms with Gasteiger partial charge >= 0.3 is 0 Å². The van der Waals surface area contributed by atoms with Crippen LogP contribution in [0.5, 0.6) is 0 Å². The topological polar surface area (TPSA) is 52.0 Å². The van der Waals surface area contributed by atoms with E-state index in [2.05, 4.69) is 13.8 Å². The molecule has 0 rings (SSSR count). The van der Waals surface area contributed by atoms with Crippen LogP contribution in [0.4, 0.5) is 0 Å². The van der Waals surface area contributed by atoms with Gasteiger partial charge < -0.3 is 11.5 Å². The van der Waals surface area contributed by atoms with E-state index in [1.807, 2.05) is 0 Å². The Bertz CT molecular complexity index is 238. The Balaban J connectivity index is 3.10. The van der Waals surface area contributed by atoms with Crippen LogP contribution in [0.15, 0.2) is 0 Å². The van der Waals surface area contributed by atoms with Crippen molar-refractivity contribution >= 4 is 0 Å². The van der Waals surface area contributed by atoms with Crippen molar-refractivity contribution in [3.63, 3.8) is 0 Å². The molecule has 0 aromatic carbocycles. The fraction of sp³-hybridized carbons (Fsp3) is 1.00. The smallest absolute Gasteiger partial charge is 0.0636 e. The Morgan fingerprint density at radius 2 is 0.750 bits per heavy atom. The van der Waals surface area contributed by atoms with E-state index in [4.69, 9.17) is 11.5 Å². The molecule has 4 N–H and O–H groups in total. The second kappa shape index (κ2) is 17.7. The highest BCUT2D eigenvalue weighted by Crippen LogP contribution is 2.16. The van der Waals surface area contributed by atoms with Crippen molar-refractivity contribution in [1.29, 1.82) is 0 Å². The summed E-state index contributed by atoms with van der Waals surface area (Å²) in [6.07, 6.45) is 25.6. The fourth-order valence-electron chi connectivity index (χ4n) is 3.59. The molecule has 0 aliphatic carbocycles. The Hall–Kier alpha value is -0.0800. The van der Waals surface area contributed by atoms with Gasteiger partial charge in [-0.2, -0.15) is 0 Å². The number of unbranched alkanes of at least 4 members (excludes halogenated alkanes) is 15. The Morgan fingerprint density at radius 1 is 0.417 bits per heavy atom. The van der Waals surface area contributed by atoms with E-state index in [0.717, 1.165) is 19.3 Å². The third kappa shape index (κ3) is 18.3. The van der Waals surface area contributed by atoms with Crippen LogP contribution in [0.3, 0.4) is 0 Å². The van der Waals surface area contributed by atoms with Gasteiger partial charge in [0.05, 0.1) is 5.66 Å². The molecule has 0 aliphatic heterocycles. The van der Waals surface area contributed by atoms with Crippen LogP contribution >= 0.6 is 0 Å². The highest BCUT2D eigenvalue weighted by Gasteiger charge is 2.16. The molecule has 2 nitrogen and oxygen atoms in total. The predicted molar refractivity (Wildman–Crippen MR) is 110 cm³/mol. The summed E-state index contributed by atoms with van der Waals surface area (Å²) in [5, 5.41) is 0. The molecule has 0 atom stereocenters.